The number of hydrogen-bond acceptors (Lipinski definition) is 2. The molecule has 0 amide bonds. The van der Waals surface area contributed by atoms with E-state index in [4.69, 9.17) is 0 Å². The van der Waals surface area contributed by atoms with E-state index < -0.39 is 6.36 Å². The normalized spacial score (nSPS) is 11.2. The van der Waals surface area contributed by atoms with Crippen molar-refractivity contribution in [1.29, 1.82) is 0 Å². The molecule has 78 valence electrons. The summed E-state index contributed by atoms with van der Waals surface area (Å²) in [5, 5.41) is 0. The van der Waals surface area contributed by atoms with Crippen LogP contribution in [0.25, 0.3) is 0 Å². The fourth-order valence-corrected chi connectivity index (χ4v) is 0.959. The second kappa shape index (κ2) is 3.77. The van der Waals surface area contributed by atoms with Crippen LogP contribution in [0.2, 0.25) is 0 Å². The van der Waals surface area contributed by atoms with Crippen LogP contribution in [-0.2, 0) is 0 Å². The van der Waals surface area contributed by atoms with Crippen LogP contribution in [0.1, 0.15) is 0 Å². The molecule has 2 nitrogen and oxygen atoms in total. The lowest BCUT2D eigenvalue weighted by atomic mass is 10.3. The standard InChI is InChI=1S/C9H10F3NO/c1-13(2)7-4-3-5-8(6-7)14-9(10,11)12/h3-6H,1-2H3. The minimum Gasteiger partial charge on any atom is -0.406 e. The molecular formula is C9H10F3NO. The molecule has 1 aromatic carbocycles. The van der Waals surface area contributed by atoms with Gasteiger partial charge in [-0.15, -0.1) is 13.2 Å². The summed E-state index contributed by atoms with van der Waals surface area (Å²) in [6.07, 6.45) is -4.63. The lowest BCUT2D eigenvalue weighted by Crippen LogP contribution is -2.17. The highest BCUT2D eigenvalue weighted by Crippen LogP contribution is 2.25. The van der Waals surface area contributed by atoms with Crippen molar-refractivity contribution < 1.29 is 17.9 Å². The Kier molecular flexibility index (Phi) is 2.88. The van der Waals surface area contributed by atoms with Crippen molar-refractivity contribution in [2.45, 2.75) is 6.36 Å². The molecule has 0 radical (unpaired) electrons. The number of ether oxygens (including phenoxy) is 1. The molecule has 0 fully saturated rings. The minimum absolute atomic E-state index is 0.205. The Morgan fingerprint density at radius 2 is 1.86 bits per heavy atom. The lowest BCUT2D eigenvalue weighted by molar-refractivity contribution is -0.274. The number of alkyl halides is 3. The van der Waals surface area contributed by atoms with Gasteiger partial charge in [-0.25, -0.2) is 0 Å². The van der Waals surface area contributed by atoms with Crippen LogP contribution in [0, 0.1) is 0 Å². The number of halogens is 3. The summed E-state index contributed by atoms with van der Waals surface area (Å²) >= 11 is 0. The molecule has 0 bridgehead atoms. The molecule has 5 heteroatoms. The number of hydrogen-bond donors (Lipinski definition) is 0. The summed E-state index contributed by atoms with van der Waals surface area (Å²) in [5.41, 5.74) is 0.659. The summed E-state index contributed by atoms with van der Waals surface area (Å²) in [7, 11) is 3.49. The highest BCUT2D eigenvalue weighted by Gasteiger charge is 2.31. The van der Waals surface area contributed by atoms with Gasteiger partial charge in [0.05, 0.1) is 0 Å². The average Bonchev–Trinajstić information content (AvgIpc) is 2.01. The molecule has 0 unspecified atom stereocenters. The van der Waals surface area contributed by atoms with Gasteiger partial charge in [0.1, 0.15) is 5.75 Å². The number of anilines is 1. The number of benzene rings is 1. The quantitative estimate of drug-likeness (QED) is 0.735. The van der Waals surface area contributed by atoms with Crippen LogP contribution >= 0.6 is 0 Å². The molecule has 1 aromatic rings. The van der Waals surface area contributed by atoms with Crippen LogP contribution in [0.4, 0.5) is 18.9 Å². The Bertz CT molecular complexity index is 309. The molecular weight excluding hydrogens is 195 g/mol. The van der Waals surface area contributed by atoms with E-state index in [1.807, 2.05) is 0 Å². The predicted molar refractivity (Wildman–Crippen MR) is 47.5 cm³/mol. The van der Waals surface area contributed by atoms with Crippen LogP contribution < -0.4 is 9.64 Å². The van der Waals surface area contributed by atoms with E-state index >= 15 is 0 Å². The third-order valence-corrected chi connectivity index (χ3v) is 1.57. The van der Waals surface area contributed by atoms with Crippen molar-refractivity contribution in [2.75, 3.05) is 19.0 Å². The second-order valence-corrected chi connectivity index (χ2v) is 2.94. The topological polar surface area (TPSA) is 12.5 Å². The summed E-state index contributed by atoms with van der Waals surface area (Å²) in [5.74, 6) is -0.205. The van der Waals surface area contributed by atoms with Crippen molar-refractivity contribution in [3.8, 4) is 5.75 Å². The Balaban J connectivity index is 2.84. The van der Waals surface area contributed by atoms with Gasteiger partial charge in [0.2, 0.25) is 0 Å². The monoisotopic (exact) mass is 205 g/mol. The van der Waals surface area contributed by atoms with Crippen molar-refractivity contribution in [1.82, 2.24) is 0 Å². The van der Waals surface area contributed by atoms with Crippen molar-refractivity contribution in [2.24, 2.45) is 0 Å². The molecule has 0 N–H and O–H groups in total. The molecule has 1 rings (SSSR count). The van der Waals surface area contributed by atoms with E-state index in [9.17, 15) is 13.2 Å². The van der Waals surface area contributed by atoms with E-state index in [1.54, 1.807) is 25.1 Å². The van der Waals surface area contributed by atoms with Gasteiger partial charge >= 0.3 is 6.36 Å². The van der Waals surface area contributed by atoms with Gasteiger partial charge in [0.25, 0.3) is 0 Å². The molecule has 0 heterocycles. The molecule has 0 atom stereocenters. The Labute approximate surface area is 79.9 Å². The number of rotatable bonds is 2. The molecule has 0 aliphatic carbocycles. The van der Waals surface area contributed by atoms with E-state index in [1.165, 1.54) is 18.2 Å². The van der Waals surface area contributed by atoms with E-state index in [0.29, 0.717) is 5.69 Å². The molecule has 0 saturated heterocycles. The van der Waals surface area contributed by atoms with Crippen molar-refractivity contribution >= 4 is 5.69 Å². The summed E-state index contributed by atoms with van der Waals surface area (Å²) in [6, 6.07) is 5.80. The van der Waals surface area contributed by atoms with Gasteiger partial charge < -0.3 is 9.64 Å². The zero-order valence-corrected chi connectivity index (χ0v) is 7.80. The number of nitrogens with zero attached hydrogens (tertiary/aromatic N) is 1. The smallest absolute Gasteiger partial charge is 0.406 e. The third kappa shape index (κ3) is 3.16. The maximum absolute atomic E-state index is 11.8. The highest BCUT2D eigenvalue weighted by atomic mass is 19.4. The average molecular weight is 205 g/mol. The summed E-state index contributed by atoms with van der Waals surface area (Å²) < 4.78 is 39.3. The fourth-order valence-electron chi connectivity index (χ4n) is 0.959. The van der Waals surface area contributed by atoms with Gasteiger partial charge in [-0.1, -0.05) is 6.07 Å². The van der Waals surface area contributed by atoms with Crippen LogP contribution in [-0.4, -0.2) is 20.5 Å². The maximum atomic E-state index is 11.8. The molecule has 0 aromatic heterocycles. The first-order valence-corrected chi connectivity index (χ1v) is 3.91. The van der Waals surface area contributed by atoms with Crippen LogP contribution in [0.15, 0.2) is 24.3 Å². The Morgan fingerprint density at radius 3 is 2.36 bits per heavy atom. The lowest BCUT2D eigenvalue weighted by Gasteiger charge is -2.14. The molecule has 0 aliphatic heterocycles. The SMILES string of the molecule is CN(C)c1cccc(OC(F)(F)F)c1. The van der Waals surface area contributed by atoms with Gasteiger partial charge in [0.15, 0.2) is 0 Å². The fraction of sp³-hybridized carbons (Fsp3) is 0.333. The van der Waals surface area contributed by atoms with E-state index in [2.05, 4.69) is 4.74 Å². The zero-order chi connectivity index (χ0) is 10.8. The zero-order valence-electron chi connectivity index (χ0n) is 7.80. The molecule has 0 spiro atoms. The summed E-state index contributed by atoms with van der Waals surface area (Å²) in [6.45, 7) is 0. The first-order chi connectivity index (χ1) is 6.38. The van der Waals surface area contributed by atoms with Crippen molar-refractivity contribution in [3.05, 3.63) is 24.3 Å². The first-order valence-electron chi connectivity index (χ1n) is 3.91. The third-order valence-electron chi connectivity index (χ3n) is 1.57. The Morgan fingerprint density at radius 1 is 1.21 bits per heavy atom. The van der Waals surface area contributed by atoms with Gasteiger partial charge in [0, 0.05) is 25.8 Å². The Hall–Kier alpha value is -1.39. The predicted octanol–water partition coefficient (Wildman–Crippen LogP) is 2.65. The van der Waals surface area contributed by atoms with Gasteiger partial charge in [-0.3, -0.25) is 0 Å². The van der Waals surface area contributed by atoms with Gasteiger partial charge in [-0.05, 0) is 12.1 Å². The van der Waals surface area contributed by atoms with Crippen LogP contribution in [0.5, 0.6) is 5.75 Å². The maximum Gasteiger partial charge on any atom is 0.573 e. The van der Waals surface area contributed by atoms with Crippen molar-refractivity contribution in [3.63, 3.8) is 0 Å². The van der Waals surface area contributed by atoms with Crippen LogP contribution in [0.3, 0.4) is 0 Å². The second-order valence-electron chi connectivity index (χ2n) is 2.94. The summed E-state index contributed by atoms with van der Waals surface area (Å²) in [4.78, 5) is 1.70. The minimum atomic E-state index is -4.63. The van der Waals surface area contributed by atoms with E-state index in [0.717, 1.165) is 0 Å². The largest absolute Gasteiger partial charge is 0.573 e. The highest BCUT2D eigenvalue weighted by molar-refractivity contribution is 5.49. The van der Waals surface area contributed by atoms with Gasteiger partial charge in [-0.2, -0.15) is 0 Å². The molecule has 0 saturated carbocycles. The molecule has 14 heavy (non-hydrogen) atoms. The van der Waals surface area contributed by atoms with E-state index in [-0.39, 0.29) is 5.75 Å². The molecule has 0 aliphatic rings. The first kappa shape index (κ1) is 10.7.